The second kappa shape index (κ2) is 5.25. The summed E-state index contributed by atoms with van der Waals surface area (Å²) in [6.07, 6.45) is 3.17. The summed E-state index contributed by atoms with van der Waals surface area (Å²) in [5.74, 6) is 1.30. The number of benzene rings is 1. The zero-order valence-corrected chi connectivity index (χ0v) is 12.6. The first kappa shape index (κ1) is 13.5. The largest absolute Gasteiger partial charge is 0.449 e. The van der Waals surface area contributed by atoms with Crippen LogP contribution in [-0.2, 0) is 6.42 Å². The number of aromatic amines is 1. The Morgan fingerprint density at radius 1 is 1.41 bits per heavy atom. The number of fused-ring (bicyclic) bond motifs is 3. The molecule has 5 heteroatoms. The van der Waals surface area contributed by atoms with E-state index in [0.29, 0.717) is 17.0 Å². The summed E-state index contributed by atoms with van der Waals surface area (Å²) in [6, 6.07) is 5.91. The van der Waals surface area contributed by atoms with Crippen molar-refractivity contribution in [1.82, 2.24) is 15.3 Å². The van der Waals surface area contributed by atoms with Crippen molar-refractivity contribution in [2.45, 2.75) is 26.2 Å². The molecule has 1 aliphatic rings. The summed E-state index contributed by atoms with van der Waals surface area (Å²) in [6.45, 7) is 4.11. The van der Waals surface area contributed by atoms with Crippen LogP contribution in [0, 0.1) is 12.8 Å². The third-order valence-corrected chi connectivity index (χ3v) is 4.41. The topological polar surface area (TPSA) is 70.9 Å². The van der Waals surface area contributed by atoms with E-state index in [4.69, 9.17) is 4.42 Å². The summed E-state index contributed by atoms with van der Waals surface area (Å²) in [7, 11) is 0. The van der Waals surface area contributed by atoms with Gasteiger partial charge < -0.3 is 14.7 Å². The molecule has 1 fully saturated rings. The molecule has 1 aromatic carbocycles. The Morgan fingerprint density at radius 3 is 3.14 bits per heavy atom. The molecule has 3 heterocycles. The highest BCUT2D eigenvalue weighted by Gasteiger charge is 2.17. The summed E-state index contributed by atoms with van der Waals surface area (Å²) in [5, 5.41) is 4.32. The third kappa shape index (κ3) is 2.31. The molecule has 114 valence electrons. The molecule has 0 saturated carbocycles. The second-order valence-corrected chi connectivity index (χ2v) is 6.21. The van der Waals surface area contributed by atoms with Crippen molar-refractivity contribution in [3.05, 3.63) is 39.9 Å². The molecule has 3 aromatic rings. The highest BCUT2D eigenvalue weighted by Crippen LogP contribution is 2.26. The normalized spacial score (nSPS) is 19.0. The number of piperidine rings is 1. The number of hydrogen-bond acceptors (Lipinski definition) is 4. The van der Waals surface area contributed by atoms with Crippen LogP contribution in [0.2, 0.25) is 0 Å². The quantitative estimate of drug-likeness (QED) is 0.762. The van der Waals surface area contributed by atoms with Crippen LogP contribution in [0.5, 0.6) is 0 Å². The van der Waals surface area contributed by atoms with Crippen molar-refractivity contribution in [3.8, 4) is 0 Å². The van der Waals surface area contributed by atoms with E-state index in [1.54, 1.807) is 0 Å². The maximum Gasteiger partial charge on any atom is 0.294 e. The van der Waals surface area contributed by atoms with Crippen LogP contribution in [0.25, 0.3) is 22.1 Å². The molecule has 1 unspecified atom stereocenters. The van der Waals surface area contributed by atoms with Crippen LogP contribution in [0.3, 0.4) is 0 Å². The Balaban J connectivity index is 1.81. The minimum atomic E-state index is -0.183. The molecule has 22 heavy (non-hydrogen) atoms. The summed E-state index contributed by atoms with van der Waals surface area (Å²) < 4.78 is 5.66. The third-order valence-electron chi connectivity index (χ3n) is 4.41. The standard InChI is InChI=1S/C17H19N3O2/c1-10-4-5-13-12(7-10)15-16(22-13)17(21)20-14(19-15)8-11-3-2-6-18-9-11/h4-5,7,11,18H,2-3,6,8-9H2,1H3,(H,19,20,21). The van der Waals surface area contributed by atoms with E-state index in [2.05, 4.69) is 15.3 Å². The molecule has 0 bridgehead atoms. The van der Waals surface area contributed by atoms with E-state index in [1.807, 2.05) is 25.1 Å². The van der Waals surface area contributed by atoms with Gasteiger partial charge in [0, 0.05) is 11.8 Å². The first-order chi connectivity index (χ1) is 10.7. The average Bonchev–Trinajstić information content (AvgIpc) is 2.87. The minimum absolute atomic E-state index is 0.183. The van der Waals surface area contributed by atoms with Crippen molar-refractivity contribution >= 4 is 22.1 Å². The van der Waals surface area contributed by atoms with E-state index in [-0.39, 0.29) is 5.56 Å². The lowest BCUT2D eigenvalue weighted by atomic mass is 9.96. The van der Waals surface area contributed by atoms with Crippen LogP contribution in [0.4, 0.5) is 0 Å². The van der Waals surface area contributed by atoms with Crippen molar-refractivity contribution in [1.29, 1.82) is 0 Å². The predicted octanol–water partition coefficient (Wildman–Crippen LogP) is 2.52. The molecule has 4 rings (SSSR count). The fraction of sp³-hybridized carbons (Fsp3) is 0.412. The van der Waals surface area contributed by atoms with Gasteiger partial charge in [0.05, 0.1) is 0 Å². The first-order valence-corrected chi connectivity index (χ1v) is 7.83. The lowest BCUT2D eigenvalue weighted by molar-refractivity contribution is 0.370. The van der Waals surface area contributed by atoms with Crippen LogP contribution in [-0.4, -0.2) is 23.1 Å². The molecule has 2 aromatic heterocycles. The molecule has 5 nitrogen and oxygen atoms in total. The number of nitrogens with one attached hydrogen (secondary N) is 2. The molecular weight excluding hydrogens is 278 g/mol. The molecule has 1 aliphatic heterocycles. The highest BCUT2D eigenvalue weighted by atomic mass is 16.3. The van der Waals surface area contributed by atoms with Gasteiger partial charge in [0.25, 0.3) is 5.56 Å². The van der Waals surface area contributed by atoms with Gasteiger partial charge in [-0.25, -0.2) is 4.98 Å². The van der Waals surface area contributed by atoms with Gasteiger partial charge in [-0.05, 0) is 50.9 Å². The predicted molar refractivity (Wildman–Crippen MR) is 86.2 cm³/mol. The molecule has 0 amide bonds. The Kier molecular flexibility index (Phi) is 3.22. The van der Waals surface area contributed by atoms with Crippen LogP contribution in [0.15, 0.2) is 27.4 Å². The van der Waals surface area contributed by atoms with Gasteiger partial charge in [0.1, 0.15) is 16.9 Å². The van der Waals surface area contributed by atoms with Crippen molar-refractivity contribution in [3.63, 3.8) is 0 Å². The second-order valence-electron chi connectivity index (χ2n) is 6.21. The van der Waals surface area contributed by atoms with Crippen LogP contribution < -0.4 is 10.9 Å². The monoisotopic (exact) mass is 297 g/mol. The molecule has 0 aliphatic carbocycles. The van der Waals surface area contributed by atoms with E-state index >= 15 is 0 Å². The summed E-state index contributed by atoms with van der Waals surface area (Å²) in [4.78, 5) is 19.9. The van der Waals surface area contributed by atoms with Crippen LogP contribution >= 0.6 is 0 Å². The zero-order valence-electron chi connectivity index (χ0n) is 12.6. The van der Waals surface area contributed by atoms with Crippen molar-refractivity contribution in [2.75, 3.05) is 13.1 Å². The van der Waals surface area contributed by atoms with E-state index in [1.165, 1.54) is 12.8 Å². The van der Waals surface area contributed by atoms with Gasteiger partial charge in [-0.15, -0.1) is 0 Å². The van der Waals surface area contributed by atoms with Gasteiger partial charge in [0.15, 0.2) is 0 Å². The lowest BCUT2D eigenvalue weighted by Gasteiger charge is -2.21. The number of aryl methyl sites for hydroxylation is 1. The van der Waals surface area contributed by atoms with Gasteiger partial charge in [-0.3, -0.25) is 4.79 Å². The van der Waals surface area contributed by atoms with E-state index < -0.39 is 0 Å². The number of aromatic nitrogens is 2. The number of rotatable bonds is 2. The first-order valence-electron chi connectivity index (χ1n) is 7.83. The summed E-state index contributed by atoms with van der Waals surface area (Å²) >= 11 is 0. The zero-order chi connectivity index (χ0) is 15.1. The van der Waals surface area contributed by atoms with Crippen molar-refractivity contribution < 1.29 is 4.42 Å². The van der Waals surface area contributed by atoms with Gasteiger partial charge in [-0.2, -0.15) is 0 Å². The molecular formula is C17H19N3O2. The Bertz CT molecular complexity index is 888. The molecule has 0 spiro atoms. The average molecular weight is 297 g/mol. The lowest BCUT2D eigenvalue weighted by Crippen LogP contribution is -2.31. The molecule has 2 N–H and O–H groups in total. The summed E-state index contributed by atoms with van der Waals surface area (Å²) in [5.41, 5.74) is 2.68. The van der Waals surface area contributed by atoms with Crippen molar-refractivity contribution in [2.24, 2.45) is 5.92 Å². The van der Waals surface area contributed by atoms with Crippen LogP contribution in [0.1, 0.15) is 24.2 Å². The minimum Gasteiger partial charge on any atom is -0.449 e. The SMILES string of the molecule is Cc1ccc2oc3c(=O)[nH]c(CC4CCCNC4)nc3c2c1. The fourth-order valence-corrected chi connectivity index (χ4v) is 3.28. The number of hydrogen-bond donors (Lipinski definition) is 2. The molecule has 0 radical (unpaired) electrons. The van der Waals surface area contributed by atoms with Gasteiger partial charge in [-0.1, -0.05) is 11.6 Å². The van der Waals surface area contributed by atoms with Gasteiger partial charge in [0.2, 0.25) is 5.58 Å². The smallest absolute Gasteiger partial charge is 0.294 e. The highest BCUT2D eigenvalue weighted by molar-refractivity contribution is 6.02. The Morgan fingerprint density at radius 2 is 2.32 bits per heavy atom. The Labute approximate surface area is 127 Å². The number of H-pyrrole nitrogens is 1. The maximum atomic E-state index is 12.3. The number of furan rings is 1. The van der Waals surface area contributed by atoms with E-state index in [9.17, 15) is 4.79 Å². The van der Waals surface area contributed by atoms with Gasteiger partial charge >= 0.3 is 0 Å². The van der Waals surface area contributed by atoms with E-state index in [0.717, 1.165) is 41.9 Å². The molecule has 1 saturated heterocycles. The Hall–Kier alpha value is -2.14. The molecule has 1 atom stereocenters. The maximum absolute atomic E-state index is 12.3. The number of nitrogens with zero attached hydrogens (tertiary/aromatic N) is 1. The fourth-order valence-electron chi connectivity index (χ4n) is 3.28.